The molecule has 0 fully saturated rings. The highest BCUT2D eigenvalue weighted by atomic mass is 16.5. The molecule has 0 bridgehead atoms. The Balaban J connectivity index is 1.75. The summed E-state index contributed by atoms with van der Waals surface area (Å²) < 4.78 is 5.00. The van der Waals surface area contributed by atoms with E-state index < -0.39 is 0 Å². The first kappa shape index (κ1) is 18.0. The van der Waals surface area contributed by atoms with Gasteiger partial charge in [-0.25, -0.2) is 4.98 Å². The van der Waals surface area contributed by atoms with Crippen molar-refractivity contribution in [1.29, 1.82) is 0 Å². The van der Waals surface area contributed by atoms with E-state index in [-0.39, 0.29) is 11.5 Å². The van der Waals surface area contributed by atoms with Crippen molar-refractivity contribution >= 4 is 17.7 Å². The zero-order valence-corrected chi connectivity index (χ0v) is 15.6. The predicted molar refractivity (Wildman–Crippen MR) is 97.5 cm³/mol. The summed E-state index contributed by atoms with van der Waals surface area (Å²) in [4.78, 5) is 38.6. The van der Waals surface area contributed by atoms with Crippen LogP contribution >= 0.6 is 0 Å². The topological polar surface area (TPSA) is 98.6 Å². The van der Waals surface area contributed by atoms with Gasteiger partial charge in [0.15, 0.2) is 0 Å². The van der Waals surface area contributed by atoms with Gasteiger partial charge in [-0.05, 0) is 6.42 Å². The quantitative estimate of drug-likeness (QED) is 0.824. The van der Waals surface area contributed by atoms with Gasteiger partial charge in [-0.1, -0.05) is 0 Å². The molecule has 2 aromatic rings. The van der Waals surface area contributed by atoms with Crippen molar-refractivity contribution in [2.75, 3.05) is 44.5 Å². The highest BCUT2D eigenvalue weighted by molar-refractivity contribution is 5.77. The lowest BCUT2D eigenvalue weighted by Gasteiger charge is -2.31. The smallest absolute Gasteiger partial charge is 0.280 e. The number of fused-ring (bicyclic) bond motifs is 1. The fraction of sp³-hybridized carbons (Fsp3) is 0.529. The van der Waals surface area contributed by atoms with Crippen molar-refractivity contribution in [3.63, 3.8) is 0 Å². The summed E-state index contributed by atoms with van der Waals surface area (Å²) in [5.74, 6) is 2.06. The van der Waals surface area contributed by atoms with E-state index in [0.29, 0.717) is 37.6 Å². The second-order valence-electron chi connectivity index (χ2n) is 6.81. The van der Waals surface area contributed by atoms with E-state index in [0.717, 1.165) is 23.5 Å². The summed E-state index contributed by atoms with van der Waals surface area (Å²) in [6, 6.07) is 1.37. The number of nitrogens with one attached hydrogen (secondary N) is 1. The maximum absolute atomic E-state index is 12.6. The molecule has 0 spiro atoms. The average Bonchev–Trinajstić information content (AvgIpc) is 3.03. The number of carbonyl (C=O) groups excluding carboxylic acids is 1. The molecule has 9 nitrogen and oxygen atoms in total. The van der Waals surface area contributed by atoms with Crippen LogP contribution in [-0.2, 0) is 24.2 Å². The van der Waals surface area contributed by atoms with Crippen LogP contribution < -0.4 is 15.4 Å². The molecule has 3 heterocycles. The fourth-order valence-electron chi connectivity index (χ4n) is 3.01. The largest absolute Gasteiger partial charge is 0.384 e. The SMILES string of the molecule is CN(C)c1nc2c(c(N(C)C)n1)CCN(C(=O)CCc1cc(=O)[nH]o1)C2. The molecule has 0 aromatic carbocycles. The van der Waals surface area contributed by atoms with E-state index in [1.54, 1.807) is 4.90 Å². The first-order chi connectivity index (χ1) is 12.3. The minimum Gasteiger partial charge on any atom is -0.384 e. The van der Waals surface area contributed by atoms with Crippen LogP contribution in [-0.4, -0.2) is 60.7 Å². The van der Waals surface area contributed by atoms with Crippen molar-refractivity contribution in [1.82, 2.24) is 20.0 Å². The molecule has 0 radical (unpaired) electrons. The second-order valence-corrected chi connectivity index (χ2v) is 6.81. The Morgan fingerprint density at radius 2 is 2.04 bits per heavy atom. The van der Waals surface area contributed by atoms with Gasteiger partial charge in [-0.3, -0.25) is 9.59 Å². The van der Waals surface area contributed by atoms with E-state index in [1.807, 2.05) is 38.0 Å². The zero-order valence-electron chi connectivity index (χ0n) is 15.6. The minimum atomic E-state index is -0.288. The van der Waals surface area contributed by atoms with Gasteiger partial charge in [0.2, 0.25) is 11.9 Å². The third-order valence-corrected chi connectivity index (χ3v) is 4.37. The third-order valence-electron chi connectivity index (χ3n) is 4.37. The summed E-state index contributed by atoms with van der Waals surface area (Å²) in [5.41, 5.74) is 1.70. The maximum Gasteiger partial charge on any atom is 0.280 e. The Kier molecular flexibility index (Phi) is 4.97. The van der Waals surface area contributed by atoms with Gasteiger partial charge in [0, 0.05) is 59.2 Å². The first-order valence-electron chi connectivity index (χ1n) is 8.54. The van der Waals surface area contributed by atoms with Crippen molar-refractivity contribution in [3.8, 4) is 0 Å². The van der Waals surface area contributed by atoms with E-state index in [4.69, 9.17) is 4.52 Å². The van der Waals surface area contributed by atoms with E-state index >= 15 is 0 Å². The summed E-state index contributed by atoms with van der Waals surface area (Å²) in [5, 5.41) is 2.24. The van der Waals surface area contributed by atoms with Crippen LogP contribution in [0.5, 0.6) is 0 Å². The molecule has 3 rings (SSSR count). The lowest BCUT2D eigenvalue weighted by atomic mass is 10.0. The van der Waals surface area contributed by atoms with Crippen molar-refractivity contribution < 1.29 is 9.32 Å². The molecule has 0 atom stereocenters. The molecule has 1 aliphatic heterocycles. The van der Waals surface area contributed by atoms with Gasteiger partial charge in [0.25, 0.3) is 5.56 Å². The summed E-state index contributed by atoms with van der Waals surface area (Å²) in [6.07, 6.45) is 1.42. The number of aromatic amines is 1. The molecular weight excluding hydrogens is 336 g/mol. The molecule has 2 aromatic heterocycles. The lowest BCUT2D eigenvalue weighted by Crippen LogP contribution is -2.37. The number of nitrogens with zero attached hydrogens (tertiary/aromatic N) is 5. The number of hydrogen-bond donors (Lipinski definition) is 1. The van der Waals surface area contributed by atoms with Gasteiger partial charge in [-0.2, -0.15) is 10.1 Å². The first-order valence-corrected chi connectivity index (χ1v) is 8.54. The maximum atomic E-state index is 12.6. The molecule has 26 heavy (non-hydrogen) atoms. The standard InChI is InChI=1S/C17H24N6O3/c1-21(2)16-12-7-8-23(10-13(12)18-17(19-16)22(3)4)15(25)6-5-11-9-14(24)20-26-11/h9H,5-8,10H2,1-4H3,(H,20,24). The Hall–Kier alpha value is -2.84. The third kappa shape index (κ3) is 3.71. The molecule has 1 N–H and O–H groups in total. The highest BCUT2D eigenvalue weighted by Gasteiger charge is 2.26. The molecule has 0 saturated heterocycles. The molecule has 0 unspecified atom stereocenters. The lowest BCUT2D eigenvalue weighted by molar-refractivity contribution is -0.132. The van der Waals surface area contributed by atoms with Gasteiger partial charge in [0.05, 0.1) is 12.2 Å². The van der Waals surface area contributed by atoms with Crippen molar-refractivity contribution in [2.24, 2.45) is 0 Å². The number of aromatic nitrogens is 3. The fourth-order valence-corrected chi connectivity index (χ4v) is 3.01. The van der Waals surface area contributed by atoms with Crippen LogP contribution in [0.2, 0.25) is 0 Å². The molecule has 9 heteroatoms. The Morgan fingerprint density at radius 3 is 2.65 bits per heavy atom. The van der Waals surface area contributed by atoms with Gasteiger partial charge >= 0.3 is 0 Å². The molecule has 1 amide bonds. The number of rotatable bonds is 5. The number of anilines is 2. The van der Waals surface area contributed by atoms with E-state index in [1.165, 1.54) is 6.07 Å². The normalized spacial score (nSPS) is 13.5. The van der Waals surface area contributed by atoms with Crippen LogP contribution in [0.25, 0.3) is 0 Å². The number of carbonyl (C=O) groups is 1. The van der Waals surface area contributed by atoms with Gasteiger partial charge in [-0.15, -0.1) is 0 Å². The summed E-state index contributed by atoms with van der Waals surface area (Å²) >= 11 is 0. The van der Waals surface area contributed by atoms with Crippen LogP contribution in [0.3, 0.4) is 0 Å². The molecule has 0 saturated carbocycles. The van der Waals surface area contributed by atoms with Crippen LogP contribution in [0, 0.1) is 0 Å². The zero-order chi connectivity index (χ0) is 18.8. The monoisotopic (exact) mass is 360 g/mol. The Labute approximate surface area is 151 Å². The average molecular weight is 360 g/mol. The van der Waals surface area contributed by atoms with Crippen molar-refractivity contribution in [2.45, 2.75) is 25.8 Å². The number of aryl methyl sites for hydroxylation is 1. The summed E-state index contributed by atoms with van der Waals surface area (Å²) in [7, 11) is 7.73. The van der Waals surface area contributed by atoms with E-state index in [2.05, 4.69) is 15.1 Å². The predicted octanol–water partition coefficient (Wildman–Crippen LogP) is 0.407. The van der Waals surface area contributed by atoms with Gasteiger partial charge in [0.1, 0.15) is 11.6 Å². The molecule has 0 aliphatic carbocycles. The number of amides is 1. The Bertz CT molecular complexity index is 854. The molecular formula is C17H24N6O3. The molecule has 1 aliphatic rings. The minimum absolute atomic E-state index is 0.0240. The molecule has 140 valence electrons. The van der Waals surface area contributed by atoms with Crippen LogP contribution in [0.4, 0.5) is 11.8 Å². The highest BCUT2D eigenvalue weighted by Crippen LogP contribution is 2.27. The van der Waals surface area contributed by atoms with Gasteiger partial charge < -0.3 is 19.2 Å². The number of H-pyrrole nitrogens is 1. The van der Waals surface area contributed by atoms with Crippen LogP contribution in [0.1, 0.15) is 23.4 Å². The second kappa shape index (κ2) is 7.19. The summed E-state index contributed by atoms with van der Waals surface area (Å²) in [6.45, 7) is 1.10. The van der Waals surface area contributed by atoms with E-state index in [9.17, 15) is 9.59 Å². The Morgan fingerprint density at radius 1 is 1.27 bits per heavy atom. The number of hydrogen-bond acceptors (Lipinski definition) is 7. The van der Waals surface area contributed by atoms with Crippen LogP contribution in [0.15, 0.2) is 15.4 Å². The van der Waals surface area contributed by atoms with Crippen molar-refractivity contribution in [3.05, 3.63) is 33.4 Å².